The molecule has 0 aliphatic carbocycles. The van der Waals surface area contributed by atoms with Crippen molar-refractivity contribution in [3.05, 3.63) is 29.6 Å². The van der Waals surface area contributed by atoms with Crippen molar-refractivity contribution in [3.63, 3.8) is 0 Å². The SMILES string of the molecule is CC(C)CNCc1ccc(N2CCCC(C)(C)C2)c(F)c1. The number of nitrogens with one attached hydrogen (secondary N) is 1. The number of anilines is 1. The number of rotatable bonds is 5. The molecule has 1 fully saturated rings. The molecule has 0 saturated carbocycles. The van der Waals surface area contributed by atoms with E-state index in [0.29, 0.717) is 5.92 Å². The molecule has 1 aromatic rings. The molecule has 0 radical (unpaired) electrons. The molecular weight excluding hydrogens is 263 g/mol. The lowest BCUT2D eigenvalue weighted by molar-refractivity contribution is 0.292. The van der Waals surface area contributed by atoms with Crippen molar-refractivity contribution in [2.24, 2.45) is 11.3 Å². The summed E-state index contributed by atoms with van der Waals surface area (Å²) in [6, 6.07) is 5.68. The second-order valence-corrected chi connectivity index (χ2v) is 7.50. The van der Waals surface area contributed by atoms with E-state index in [1.165, 1.54) is 6.42 Å². The number of nitrogens with zero attached hydrogens (tertiary/aromatic N) is 1. The van der Waals surface area contributed by atoms with Crippen LogP contribution in [-0.2, 0) is 6.54 Å². The Hall–Kier alpha value is -1.09. The Morgan fingerprint density at radius 1 is 1.33 bits per heavy atom. The van der Waals surface area contributed by atoms with E-state index >= 15 is 0 Å². The molecule has 1 heterocycles. The highest BCUT2D eigenvalue weighted by atomic mass is 19.1. The van der Waals surface area contributed by atoms with E-state index < -0.39 is 0 Å². The Balaban J connectivity index is 2.02. The van der Waals surface area contributed by atoms with Crippen LogP contribution in [0, 0.1) is 17.2 Å². The van der Waals surface area contributed by atoms with E-state index in [1.54, 1.807) is 6.07 Å². The van der Waals surface area contributed by atoms with Gasteiger partial charge in [-0.3, -0.25) is 0 Å². The van der Waals surface area contributed by atoms with Gasteiger partial charge < -0.3 is 10.2 Å². The molecule has 0 aromatic heterocycles. The summed E-state index contributed by atoms with van der Waals surface area (Å²) in [7, 11) is 0. The molecule has 0 bridgehead atoms. The summed E-state index contributed by atoms with van der Waals surface area (Å²) in [5.74, 6) is 0.529. The van der Waals surface area contributed by atoms with Crippen LogP contribution in [0.3, 0.4) is 0 Å². The fourth-order valence-electron chi connectivity index (χ4n) is 3.05. The number of benzene rings is 1. The van der Waals surface area contributed by atoms with Crippen molar-refractivity contribution in [1.82, 2.24) is 5.32 Å². The lowest BCUT2D eigenvalue weighted by atomic mass is 9.84. The van der Waals surface area contributed by atoms with E-state index in [4.69, 9.17) is 0 Å². The van der Waals surface area contributed by atoms with Crippen molar-refractivity contribution < 1.29 is 4.39 Å². The zero-order valence-electron chi connectivity index (χ0n) is 13.9. The first-order chi connectivity index (χ1) is 9.87. The van der Waals surface area contributed by atoms with Gasteiger partial charge in [-0.1, -0.05) is 33.8 Å². The molecular formula is C18H29FN2. The third-order valence-corrected chi connectivity index (χ3v) is 4.13. The molecule has 0 amide bonds. The van der Waals surface area contributed by atoms with E-state index in [9.17, 15) is 4.39 Å². The smallest absolute Gasteiger partial charge is 0.146 e. The number of halogens is 1. The molecule has 1 saturated heterocycles. The molecule has 0 spiro atoms. The van der Waals surface area contributed by atoms with Crippen LogP contribution in [0.25, 0.3) is 0 Å². The average Bonchev–Trinajstić information content (AvgIpc) is 2.37. The second kappa shape index (κ2) is 6.78. The summed E-state index contributed by atoms with van der Waals surface area (Å²) in [6.45, 7) is 12.5. The van der Waals surface area contributed by atoms with Gasteiger partial charge in [0.25, 0.3) is 0 Å². The van der Waals surface area contributed by atoms with Crippen LogP contribution >= 0.6 is 0 Å². The number of piperidine rings is 1. The van der Waals surface area contributed by atoms with Crippen LogP contribution in [0.15, 0.2) is 18.2 Å². The van der Waals surface area contributed by atoms with Gasteiger partial charge in [-0.2, -0.15) is 0 Å². The largest absolute Gasteiger partial charge is 0.369 e. The Labute approximate surface area is 128 Å². The summed E-state index contributed by atoms with van der Waals surface area (Å²) >= 11 is 0. The highest BCUT2D eigenvalue weighted by Crippen LogP contribution is 2.32. The molecule has 0 unspecified atom stereocenters. The molecule has 0 atom stereocenters. The Morgan fingerprint density at radius 2 is 2.10 bits per heavy atom. The van der Waals surface area contributed by atoms with Crippen LogP contribution in [-0.4, -0.2) is 19.6 Å². The maximum absolute atomic E-state index is 14.4. The standard InChI is InChI=1S/C18H29FN2/c1-14(2)11-20-12-15-6-7-17(16(19)10-15)21-9-5-8-18(3,4)13-21/h6-7,10,14,20H,5,8-9,11-13H2,1-4H3. The van der Waals surface area contributed by atoms with Crippen molar-refractivity contribution in [2.75, 3.05) is 24.5 Å². The van der Waals surface area contributed by atoms with Crippen LogP contribution < -0.4 is 10.2 Å². The van der Waals surface area contributed by atoms with E-state index in [1.807, 2.05) is 12.1 Å². The zero-order chi connectivity index (χ0) is 15.5. The summed E-state index contributed by atoms with van der Waals surface area (Å²) in [5, 5.41) is 3.36. The third kappa shape index (κ3) is 4.70. The molecule has 21 heavy (non-hydrogen) atoms. The zero-order valence-corrected chi connectivity index (χ0v) is 13.9. The highest BCUT2D eigenvalue weighted by molar-refractivity contribution is 5.49. The lowest BCUT2D eigenvalue weighted by Crippen LogP contribution is -2.40. The normalized spacial score (nSPS) is 18.3. The highest BCUT2D eigenvalue weighted by Gasteiger charge is 2.27. The maximum atomic E-state index is 14.4. The Kier molecular flexibility index (Phi) is 5.26. The van der Waals surface area contributed by atoms with E-state index in [-0.39, 0.29) is 11.2 Å². The first kappa shape index (κ1) is 16.3. The minimum absolute atomic E-state index is 0.0865. The Bertz CT molecular complexity index is 468. The predicted molar refractivity (Wildman–Crippen MR) is 88.2 cm³/mol. The van der Waals surface area contributed by atoms with Crippen LogP contribution in [0.5, 0.6) is 0 Å². The van der Waals surface area contributed by atoms with Gasteiger partial charge in [-0.25, -0.2) is 4.39 Å². The number of hydrogen-bond acceptors (Lipinski definition) is 2. The second-order valence-electron chi connectivity index (χ2n) is 7.50. The molecule has 3 heteroatoms. The van der Waals surface area contributed by atoms with E-state index in [0.717, 1.165) is 43.9 Å². The van der Waals surface area contributed by atoms with Crippen molar-refractivity contribution in [1.29, 1.82) is 0 Å². The fourth-order valence-corrected chi connectivity index (χ4v) is 3.05. The van der Waals surface area contributed by atoms with Gasteiger partial charge in [0.2, 0.25) is 0 Å². The van der Waals surface area contributed by atoms with Gasteiger partial charge >= 0.3 is 0 Å². The monoisotopic (exact) mass is 292 g/mol. The first-order valence-corrected chi connectivity index (χ1v) is 8.11. The average molecular weight is 292 g/mol. The summed E-state index contributed by atoms with van der Waals surface area (Å²) < 4.78 is 14.4. The molecule has 2 nitrogen and oxygen atoms in total. The molecule has 1 aliphatic heterocycles. The number of hydrogen-bond donors (Lipinski definition) is 1. The van der Waals surface area contributed by atoms with Gasteiger partial charge in [0, 0.05) is 19.6 Å². The van der Waals surface area contributed by atoms with Gasteiger partial charge in [-0.15, -0.1) is 0 Å². The summed E-state index contributed by atoms with van der Waals surface area (Å²) in [6.07, 6.45) is 2.37. The van der Waals surface area contributed by atoms with Gasteiger partial charge in [0.1, 0.15) is 5.82 Å². The predicted octanol–water partition coefficient (Wildman–Crippen LogP) is 4.20. The van der Waals surface area contributed by atoms with Crippen LogP contribution in [0.1, 0.15) is 46.1 Å². The van der Waals surface area contributed by atoms with Gasteiger partial charge in [0.15, 0.2) is 0 Å². The fraction of sp³-hybridized carbons (Fsp3) is 0.667. The molecule has 2 rings (SSSR count). The van der Waals surface area contributed by atoms with Crippen molar-refractivity contribution in [2.45, 2.75) is 47.1 Å². The van der Waals surface area contributed by atoms with E-state index in [2.05, 4.69) is 37.9 Å². The third-order valence-electron chi connectivity index (χ3n) is 4.13. The topological polar surface area (TPSA) is 15.3 Å². The van der Waals surface area contributed by atoms with Gasteiger partial charge in [-0.05, 0) is 48.4 Å². The summed E-state index contributed by atoms with van der Waals surface area (Å²) in [5.41, 5.74) is 2.06. The van der Waals surface area contributed by atoms with Gasteiger partial charge in [0.05, 0.1) is 5.69 Å². The quantitative estimate of drug-likeness (QED) is 0.875. The van der Waals surface area contributed by atoms with Crippen molar-refractivity contribution in [3.8, 4) is 0 Å². The molecule has 118 valence electrons. The Morgan fingerprint density at radius 3 is 2.71 bits per heavy atom. The van der Waals surface area contributed by atoms with Crippen LogP contribution in [0.4, 0.5) is 10.1 Å². The van der Waals surface area contributed by atoms with Crippen LogP contribution in [0.2, 0.25) is 0 Å². The van der Waals surface area contributed by atoms with Crippen molar-refractivity contribution >= 4 is 5.69 Å². The molecule has 1 N–H and O–H groups in total. The minimum Gasteiger partial charge on any atom is -0.369 e. The maximum Gasteiger partial charge on any atom is 0.146 e. The first-order valence-electron chi connectivity index (χ1n) is 8.11. The molecule has 1 aliphatic rings. The minimum atomic E-state index is -0.0865. The summed E-state index contributed by atoms with van der Waals surface area (Å²) in [4.78, 5) is 2.20. The molecule has 1 aromatic carbocycles. The lowest BCUT2D eigenvalue weighted by Gasteiger charge is -2.39.